The van der Waals surface area contributed by atoms with Crippen LogP contribution in [-0.2, 0) is 16.8 Å². The summed E-state index contributed by atoms with van der Waals surface area (Å²) in [5.41, 5.74) is 0.749. The van der Waals surface area contributed by atoms with E-state index in [1.165, 1.54) is 4.31 Å². The fraction of sp³-hybridized carbons (Fsp3) is 0.625. The van der Waals surface area contributed by atoms with Crippen molar-refractivity contribution in [2.45, 2.75) is 6.54 Å². The Labute approximate surface area is 94.4 Å². The lowest BCUT2D eigenvalue weighted by Gasteiger charge is -2.26. The Kier molecular flexibility index (Phi) is 3.54. The molecule has 2 heterocycles. The smallest absolute Gasteiger partial charge is 0.279 e. The van der Waals surface area contributed by atoms with Crippen molar-refractivity contribution in [2.24, 2.45) is 0 Å². The Bertz CT molecular complexity index is 410. The molecule has 0 radical (unpaired) electrons. The van der Waals surface area contributed by atoms with Crippen LogP contribution in [0.5, 0.6) is 0 Å². The molecular formula is C8H15N5O2S. The van der Waals surface area contributed by atoms with Crippen LogP contribution in [0.1, 0.15) is 5.69 Å². The number of aromatic nitrogens is 2. The van der Waals surface area contributed by atoms with E-state index in [0.29, 0.717) is 26.2 Å². The summed E-state index contributed by atoms with van der Waals surface area (Å²) < 4.78 is 27.6. The molecule has 0 aliphatic carbocycles. The molecular weight excluding hydrogens is 230 g/mol. The molecule has 7 nitrogen and oxygen atoms in total. The van der Waals surface area contributed by atoms with Crippen molar-refractivity contribution in [3.63, 3.8) is 0 Å². The van der Waals surface area contributed by atoms with Crippen molar-refractivity contribution in [1.82, 2.24) is 24.5 Å². The van der Waals surface area contributed by atoms with Gasteiger partial charge in [-0.1, -0.05) is 0 Å². The molecule has 1 aliphatic heterocycles. The fourth-order valence-corrected chi connectivity index (χ4v) is 2.71. The summed E-state index contributed by atoms with van der Waals surface area (Å²) >= 11 is 0. The van der Waals surface area contributed by atoms with Gasteiger partial charge in [-0.3, -0.25) is 5.10 Å². The summed E-state index contributed by atoms with van der Waals surface area (Å²) in [6.45, 7) is 2.67. The summed E-state index contributed by atoms with van der Waals surface area (Å²) in [6.07, 6.45) is 1.59. The van der Waals surface area contributed by atoms with E-state index in [4.69, 9.17) is 0 Å². The quantitative estimate of drug-likeness (QED) is 0.612. The van der Waals surface area contributed by atoms with Crippen LogP contribution in [0.15, 0.2) is 12.3 Å². The second-order valence-corrected chi connectivity index (χ2v) is 5.31. The molecule has 1 aromatic heterocycles. The maximum Gasteiger partial charge on any atom is 0.279 e. The van der Waals surface area contributed by atoms with Crippen LogP contribution in [0.3, 0.4) is 0 Å². The van der Waals surface area contributed by atoms with E-state index in [1.807, 2.05) is 0 Å². The highest BCUT2D eigenvalue weighted by Gasteiger charge is 2.22. The van der Waals surface area contributed by atoms with E-state index >= 15 is 0 Å². The fourth-order valence-electron chi connectivity index (χ4n) is 1.53. The van der Waals surface area contributed by atoms with Crippen molar-refractivity contribution >= 4 is 10.2 Å². The van der Waals surface area contributed by atoms with Gasteiger partial charge < -0.3 is 5.32 Å². The molecule has 1 aliphatic rings. The molecule has 16 heavy (non-hydrogen) atoms. The highest BCUT2D eigenvalue weighted by Crippen LogP contribution is 2.01. The summed E-state index contributed by atoms with van der Waals surface area (Å²) in [6, 6.07) is 1.74. The molecule has 0 atom stereocenters. The van der Waals surface area contributed by atoms with Gasteiger partial charge in [-0.2, -0.15) is 22.5 Å². The number of hydrogen-bond donors (Lipinski definition) is 3. The van der Waals surface area contributed by atoms with Gasteiger partial charge in [-0.15, -0.1) is 0 Å². The molecule has 1 saturated heterocycles. The molecule has 2 rings (SSSR count). The zero-order valence-corrected chi connectivity index (χ0v) is 9.63. The van der Waals surface area contributed by atoms with Crippen molar-refractivity contribution in [3.05, 3.63) is 18.0 Å². The molecule has 0 bridgehead atoms. The molecule has 8 heteroatoms. The van der Waals surface area contributed by atoms with Crippen molar-refractivity contribution in [1.29, 1.82) is 0 Å². The summed E-state index contributed by atoms with van der Waals surface area (Å²) in [7, 11) is -3.36. The van der Waals surface area contributed by atoms with Gasteiger partial charge in [0, 0.05) is 32.4 Å². The third-order valence-corrected chi connectivity index (χ3v) is 3.97. The van der Waals surface area contributed by atoms with Gasteiger partial charge in [0.25, 0.3) is 10.2 Å². The minimum Gasteiger partial charge on any atom is -0.314 e. The van der Waals surface area contributed by atoms with Crippen LogP contribution in [0.2, 0.25) is 0 Å². The van der Waals surface area contributed by atoms with Gasteiger partial charge in [0.1, 0.15) is 0 Å². The van der Waals surface area contributed by atoms with Gasteiger partial charge in [0.15, 0.2) is 0 Å². The average molecular weight is 245 g/mol. The molecule has 90 valence electrons. The second kappa shape index (κ2) is 4.91. The largest absolute Gasteiger partial charge is 0.314 e. The lowest BCUT2D eigenvalue weighted by Crippen LogP contribution is -2.50. The van der Waals surface area contributed by atoms with Crippen LogP contribution >= 0.6 is 0 Å². The van der Waals surface area contributed by atoms with Gasteiger partial charge in [-0.25, -0.2) is 0 Å². The van der Waals surface area contributed by atoms with E-state index in [9.17, 15) is 8.42 Å². The summed E-state index contributed by atoms with van der Waals surface area (Å²) in [5.74, 6) is 0. The number of H-pyrrole nitrogens is 1. The molecule has 1 fully saturated rings. The maximum atomic E-state index is 11.8. The Morgan fingerprint density at radius 2 is 2.19 bits per heavy atom. The van der Waals surface area contributed by atoms with Crippen molar-refractivity contribution in [2.75, 3.05) is 26.2 Å². The lowest BCUT2D eigenvalue weighted by atomic mass is 10.4. The Morgan fingerprint density at radius 3 is 2.81 bits per heavy atom. The second-order valence-electron chi connectivity index (χ2n) is 3.56. The van der Waals surface area contributed by atoms with Gasteiger partial charge in [-0.05, 0) is 6.07 Å². The van der Waals surface area contributed by atoms with Gasteiger partial charge in [0.2, 0.25) is 0 Å². The third-order valence-electron chi connectivity index (χ3n) is 2.42. The van der Waals surface area contributed by atoms with E-state index in [-0.39, 0.29) is 6.54 Å². The minimum atomic E-state index is -3.36. The van der Waals surface area contributed by atoms with E-state index in [0.717, 1.165) is 5.69 Å². The monoisotopic (exact) mass is 245 g/mol. The number of aromatic amines is 1. The van der Waals surface area contributed by atoms with Crippen LogP contribution < -0.4 is 10.0 Å². The van der Waals surface area contributed by atoms with Crippen LogP contribution in [-0.4, -0.2) is 49.1 Å². The number of nitrogens with one attached hydrogen (secondary N) is 3. The van der Waals surface area contributed by atoms with E-state index < -0.39 is 10.2 Å². The molecule has 1 aromatic rings. The summed E-state index contributed by atoms with van der Waals surface area (Å²) in [4.78, 5) is 0. The predicted octanol–water partition coefficient (Wildman–Crippen LogP) is -1.35. The Hall–Kier alpha value is -0.960. The van der Waals surface area contributed by atoms with Gasteiger partial charge in [0.05, 0.1) is 12.2 Å². The summed E-state index contributed by atoms with van der Waals surface area (Å²) in [5, 5.41) is 9.56. The van der Waals surface area contributed by atoms with Crippen molar-refractivity contribution < 1.29 is 8.42 Å². The number of hydrogen-bond acceptors (Lipinski definition) is 4. The number of rotatable bonds is 4. The van der Waals surface area contributed by atoms with E-state index in [2.05, 4.69) is 20.2 Å². The topological polar surface area (TPSA) is 90.1 Å². The molecule has 0 spiro atoms. The minimum absolute atomic E-state index is 0.242. The lowest BCUT2D eigenvalue weighted by molar-refractivity contribution is 0.354. The SMILES string of the molecule is O=S(=O)(NCc1ccn[nH]1)N1CCNCC1. The predicted molar refractivity (Wildman–Crippen MR) is 58.8 cm³/mol. The van der Waals surface area contributed by atoms with Crippen molar-refractivity contribution in [3.8, 4) is 0 Å². The van der Waals surface area contributed by atoms with Crippen LogP contribution in [0.25, 0.3) is 0 Å². The first-order chi connectivity index (χ1) is 7.68. The molecule has 0 aromatic carbocycles. The first-order valence-corrected chi connectivity index (χ1v) is 6.56. The molecule has 0 saturated carbocycles. The maximum absolute atomic E-state index is 11.8. The third kappa shape index (κ3) is 2.79. The molecule has 3 N–H and O–H groups in total. The standard InChI is InChI=1S/C8H15N5O2S/c14-16(15,13-5-3-9-4-6-13)11-7-8-1-2-10-12-8/h1-2,9,11H,3-7H2,(H,10,12). The molecule has 0 amide bonds. The number of nitrogens with zero attached hydrogens (tertiary/aromatic N) is 2. The van der Waals surface area contributed by atoms with Gasteiger partial charge >= 0.3 is 0 Å². The average Bonchev–Trinajstić information content (AvgIpc) is 2.81. The normalized spacial score (nSPS) is 18.8. The zero-order valence-electron chi connectivity index (χ0n) is 8.81. The number of piperazine rings is 1. The van der Waals surface area contributed by atoms with E-state index in [1.54, 1.807) is 12.3 Å². The Morgan fingerprint density at radius 1 is 1.44 bits per heavy atom. The zero-order chi connectivity index (χ0) is 11.4. The highest BCUT2D eigenvalue weighted by molar-refractivity contribution is 7.87. The van der Waals surface area contributed by atoms with Crippen LogP contribution in [0.4, 0.5) is 0 Å². The Balaban J connectivity index is 1.91. The highest BCUT2D eigenvalue weighted by atomic mass is 32.2. The first kappa shape index (κ1) is 11.5. The molecule has 0 unspecified atom stereocenters. The first-order valence-electron chi connectivity index (χ1n) is 5.12. The van der Waals surface area contributed by atoms with Crippen LogP contribution in [0, 0.1) is 0 Å².